The molecule has 1 aliphatic rings. The molecular weight excluding hydrogens is 274 g/mol. The number of hydrogen-bond acceptors (Lipinski definition) is 5. The molecule has 0 radical (unpaired) electrons. The van der Waals surface area contributed by atoms with E-state index in [1.54, 1.807) is 14.2 Å². The summed E-state index contributed by atoms with van der Waals surface area (Å²) in [6.07, 6.45) is 3.83. The van der Waals surface area contributed by atoms with E-state index in [0.29, 0.717) is 22.2 Å². The van der Waals surface area contributed by atoms with Crippen molar-refractivity contribution >= 4 is 27.9 Å². The molecule has 0 aromatic carbocycles. The van der Waals surface area contributed by atoms with Crippen LogP contribution in [0.4, 0.5) is 10.7 Å². The van der Waals surface area contributed by atoms with Gasteiger partial charge in [-0.3, -0.25) is 4.79 Å². The largest absolute Gasteiger partial charge is 0.492 e. The Hall–Kier alpha value is -1.43. The number of amides is 1. The minimum atomic E-state index is -0.173. The number of nitrogen functional groups attached to an aromatic ring is 1. The first-order valence-corrected chi connectivity index (χ1v) is 7.80. The molecular formula is C14H23N3O2S. The highest BCUT2D eigenvalue weighted by atomic mass is 32.1. The lowest BCUT2D eigenvalue weighted by molar-refractivity contribution is 0.0967. The molecule has 1 amide bonds. The number of hydrogen-bond donors (Lipinski definition) is 3. The van der Waals surface area contributed by atoms with Crippen molar-refractivity contribution in [2.75, 3.05) is 31.8 Å². The molecule has 2 atom stereocenters. The zero-order valence-corrected chi connectivity index (χ0v) is 13.1. The number of thiophene rings is 1. The van der Waals surface area contributed by atoms with Gasteiger partial charge in [0.1, 0.15) is 15.6 Å². The lowest BCUT2D eigenvalue weighted by atomic mass is 10.1. The van der Waals surface area contributed by atoms with Crippen molar-refractivity contribution in [1.29, 1.82) is 0 Å². The highest BCUT2D eigenvalue weighted by Gasteiger charge is 2.24. The van der Waals surface area contributed by atoms with Crippen LogP contribution >= 0.6 is 11.3 Å². The minimum Gasteiger partial charge on any atom is -0.492 e. The van der Waals surface area contributed by atoms with E-state index in [1.807, 2.05) is 0 Å². The van der Waals surface area contributed by atoms with Gasteiger partial charge in [-0.2, -0.15) is 0 Å². The van der Waals surface area contributed by atoms with Gasteiger partial charge in [-0.15, -0.1) is 11.3 Å². The first kappa shape index (κ1) is 15.0. The molecule has 112 valence electrons. The van der Waals surface area contributed by atoms with Gasteiger partial charge in [0.15, 0.2) is 5.75 Å². The van der Waals surface area contributed by atoms with Gasteiger partial charge >= 0.3 is 0 Å². The maximum atomic E-state index is 11.8. The maximum Gasteiger partial charge on any atom is 0.263 e. The van der Waals surface area contributed by atoms with Crippen LogP contribution in [0.2, 0.25) is 0 Å². The summed E-state index contributed by atoms with van der Waals surface area (Å²) in [4.78, 5) is 12.3. The molecule has 2 unspecified atom stereocenters. The van der Waals surface area contributed by atoms with Gasteiger partial charge in [0.2, 0.25) is 0 Å². The topological polar surface area (TPSA) is 76.4 Å². The molecule has 2 rings (SSSR count). The van der Waals surface area contributed by atoms with Crippen molar-refractivity contribution < 1.29 is 9.53 Å². The Kier molecular flexibility index (Phi) is 4.75. The van der Waals surface area contributed by atoms with E-state index >= 15 is 0 Å². The molecule has 6 heteroatoms. The van der Waals surface area contributed by atoms with E-state index in [0.717, 1.165) is 17.5 Å². The van der Waals surface area contributed by atoms with E-state index in [2.05, 4.69) is 17.6 Å². The van der Waals surface area contributed by atoms with Gasteiger partial charge in [-0.1, -0.05) is 13.3 Å². The molecule has 0 spiro atoms. The molecule has 5 nitrogen and oxygen atoms in total. The van der Waals surface area contributed by atoms with Crippen molar-refractivity contribution in [3.8, 4) is 5.75 Å². The average molecular weight is 297 g/mol. The molecule has 1 saturated carbocycles. The Balaban J connectivity index is 2.08. The number of nitrogens with two attached hydrogens (primary N) is 1. The van der Waals surface area contributed by atoms with Crippen LogP contribution in [0.1, 0.15) is 35.9 Å². The predicted molar refractivity (Wildman–Crippen MR) is 83.7 cm³/mol. The molecule has 20 heavy (non-hydrogen) atoms. The molecule has 0 bridgehead atoms. The van der Waals surface area contributed by atoms with E-state index in [4.69, 9.17) is 10.5 Å². The van der Waals surface area contributed by atoms with Crippen molar-refractivity contribution in [3.05, 3.63) is 4.88 Å². The molecule has 1 aliphatic carbocycles. The average Bonchev–Trinajstić information content (AvgIpc) is 2.99. The number of anilines is 2. The second-order valence-corrected chi connectivity index (χ2v) is 6.47. The van der Waals surface area contributed by atoms with Crippen LogP contribution in [0.5, 0.6) is 5.75 Å². The quantitative estimate of drug-likeness (QED) is 0.780. The Morgan fingerprint density at radius 3 is 2.80 bits per heavy atom. The molecule has 1 fully saturated rings. The first-order valence-electron chi connectivity index (χ1n) is 6.99. The van der Waals surface area contributed by atoms with Gasteiger partial charge in [-0.25, -0.2) is 0 Å². The Morgan fingerprint density at radius 1 is 1.50 bits per heavy atom. The molecule has 1 heterocycles. The van der Waals surface area contributed by atoms with Crippen molar-refractivity contribution in [3.63, 3.8) is 0 Å². The second kappa shape index (κ2) is 6.35. The molecule has 1 aromatic heterocycles. The van der Waals surface area contributed by atoms with Crippen LogP contribution in [0.3, 0.4) is 0 Å². The fourth-order valence-electron chi connectivity index (χ4n) is 2.78. The monoisotopic (exact) mass is 297 g/mol. The summed E-state index contributed by atoms with van der Waals surface area (Å²) in [5.41, 5.74) is 6.40. The molecule has 1 aromatic rings. The maximum absolute atomic E-state index is 11.8. The summed E-state index contributed by atoms with van der Waals surface area (Å²) in [5.74, 6) is 1.92. The number of carbonyl (C=O) groups is 1. The standard InChI is InChI=1S/C14H23N3O2S/c1-8-4-5-9(6-8)7-17-14-11(19-3)10(15)12(20-14)13(18)16-2/h8-9,17H,4-7,15H2,1-3H3,(H,16,18). The summed E-state index contributed by atoms with van der Waals surface area (Å²) in [6, 6.07) is 0. The van der Waals surface area contributed by atoms with Gasteiger partial charge in [0, 0.05) is 13.6 Å². The van der Waals surface area contributed by atoms with Crippen LogP contribution < -0.4 is 21.1 Å². The van der Waals surface area contributed by atoms with Gasteiger partial charge in [0.05, 0.1) is 7.11 Å². The molecule has 0 aliphatic heterocycles. The van der Waals surface area contributed by atoms with Crippen molar-refractivity contribution in [2.24, 2.45) is 11.8 Å². The predicted octanol–water partition coefficient (Wildman–Crippen LogP) is 2.55. The number of rotatable bonds is 5. The number of ether oxygens (including phenoxy) is 1. The van der Waals surface area contributed by atoms with E-state index in [9.17, 15) is 4.79 Å². The lowest BCUT2D eigenvalue weighted by Gasteiger charge is -2.12. The summed E-state index contributed by atoms with van der Waals surface area (Å²) in [7, 11) is 3.18. The van der Waals surface area contributed by atoms with E-state index < -0.39 is 0 Å². The zero-order valence-electron chi connectivity index (χ0n) is 12.3. The smallest absolute Gasteiger partial charge is 0.263 e. The zero-order chi connectivity index (χ0) is 14.7. The lowest BCUT2D eigenvalue weighted by Crippen LogP contribution is -2.17. The number of methoxy groups -OCH3 is 1. The summed E-state index contributed by atoms with van der Waals surface area (Å²) in [5, 5.41) is 6.85. The van der Waals surface area contributed by atoms with Crippen molar-refractivity contribution in [2.45, 2.75) is 26.2 Å². The highest BCUT2D eigenvalue weighted by Crippen LogP contribution is 2.43. The summed E-state index contributed by atoms with van der Waals surface area (Å²) in [6.45, 7) is 3.21. The van der Waals surface area contributed by atoms with Crippen molar-refractivity contribution in [1.82, 2.24) is 5.32 Å². The van der Waals surface area contributed by atoms with Crippen LogP contribution in [0.15, 0.2) is 0 Å². The Labute approximate surface area is 123 Å². The van der Waals surface area contributed by atoms with Crippen LogP contribution in [0, 0.1) is 11.8 Å². The van der Waals surface area contributed by atoms with Crippen LogP contribution in [-0.4, -0.2) is 26.6 Å². The first-order chi connectivity index (χ1) is 9.56. The summed E-state index contributed by atoms with van der Waals surface area (Å²) < 4.78 is 5.33. The second-order valence-electron chi connectivity index (χ2n) is 5.45. The SMILES string of the molecule is CNC(=O)c1sc(NCC2CCC(C)C2)c(OC)c1N. The third-order valence-corrected chi connectivity index (χ3v) is 5.04. The number of nitrogens with one attached hydrogen (secondary N) is 2. The molecule has 4 N–H and O–H groups in total. The normalized spacial score (nSPS) is 21.8. The van der Waals surface area contributed by atoms with E-state index in [1.165, 1.54) is 30.6 Å². The van der Waals surface area contributed by atoms with Gasteiger partial charge in [0.25, 0.3) is 5.91 Å². The van der Waals surface area contributed by atoms with E-state index in [-0.39, 0.29) is 5.91 Å². The third kappa shape index (κ3) is 3.00. The Morgan fingerprint density at radius 2 is 2.25 bits per heavy atom. The van der Waals surface area contributed by atoms with Crippen LogP contribution in [0.25, 0.3) is 0 Å². The highest BCUT2D eigenvalue weighted by molar-refractivity contribution is 7.19. The van der Waals surface area contributed by atoms with Crippen LogP contribution in [-0.2, 0) is 0 Å². The van der Waals surface area contributed by atoms with Gasteiger partial charge in [-0.05, 0) is 24.7 Å². The third-order valence-electron chi connectivity index (χ3n) is 3.89. The number of carbonyl (C=O) groups excluding carboxylic acids is 1. The fourth-order valence-corrected chi connectivity index (χ4v) is 3.82. The Bertz CT molecular complexity index is 487. The molecule has 0 saturated heterocycles. The summed E-state index contributed by atoms with van der Waals surface area (Å²) >= 11 is 1.35. The fraction of sp³-hybridized carbons (Fsp3) is 0.643. The minimum absolute atomic E-state index is 0.173. The van der Waals surface area contributed by atoms with Gasteiger partial charge < -0.3 is 21.1 Å².